The van der Waals surface area contributed by atoms with Gasteiger partial charge >= 0.3 is 0 Å². The third kappa shape index (κ3) is 6.63. The van der Waals surface area contributed by atoms with Crippen LogP contribution in [0.4, 0.5) is 0 Å². The molecule has 0 aliphatic carbocycles. The topological polar surface area (TPSA) is 89.6 Å². The molecule has 0 unspecified atom stereocenters. The van der Waals surface area contributed by atoms with E-state index in [2.05, 4.69) is 24.2 Å². The van der Waals surface area contributed by atoms with Crippen LogP contribution >= 0.6 is 23.2 Å². The monoisotopic (exact) mass is 507 g/mol. The highest BCUT2D eigenvalue weighted by Crippen LogP contribution is 2.36. The van der Waals surface area contributed by atoms with E-state index >= 15 is 0 Å². The number of hydrogen-bond donors (Lipinski definition) is 2. The van der Waals surface area contributed by atoms with Crippen LogP contribution in [-0.4, -0.2) is 50.4 Å². The zero-order valence-corrected chi connectivity index (χ0v) is 21.1. The maximum atomic E-state index is 10.2. The van der Waals surface area contributed by atoms with Crippen LogP contribution in [0.1, 0.15) is 37.6 Å². The van der Waals surface area contributed by atoms with Crippen molar-refractivity contribution in [2.75, 3.05) is 19.1 Å². The molecule has 0 amide bonds. The number of hydrogen-bond acceptors (Lipinski definition) is 6. The van der Waals surface area contributed by atoms with Crippen molar-refractivity contribution in [3.8, 4) is 11.5 Å². The molecular weight excluding hydrogens is 477 g/mol. The van der Waals surface area contributed by atoms with Gasteiger partial charge in [0, 0.05) is 17.2 Å². The van der Waals surface area contributed by atoms with E-state index in [1.165, 1.54) is 10.9 Å². The van der Waals surface area contributed by atoms with Gasteiger partial charge in [-0.1, -0.05) is 55.8 Å². The molecule has 0 aliphatic rings. The minimum Gasteiger partial charge on any atom is -0.492 e. The minimum absolute atomic E-state index is 0.0902. The summed E-state index contributed by atoms with van der Waals surface area (Å²) < 4.78 is 13.0. The Balaban J connectivity index is 1.61. The Labute approximate surface area is 210 Å². The molecule has 0 aliphatic heterocycles. The first kappa shape index (κ1) is 26.3. The van der Waals surface area contributed by atoms with Gasteiger partial charge in [0.15, 0.2) is 0 Å². The van der Waals surface area contributed by atoms with Crippen LogP contribution in [0.25, 0.3) is 0 Å². The Morgan fingerprint density at radius 3 is 2.41 bits per heavy atom. The fourth-order valence-corrected chi connectivity index (χ4v) is 3.74. The summed E-state index contributed by atoms with van der Waals surface area (Å²) in [5.74, 6) is 2.08. The number of nitrogens with zero attached hydrogens (tertiary/aromatic N) is 3. The number of ether oxygens (including phenoxy) is 2. The number of aliphatic hydroxyl groups is 2. The van der Waals surface area contributed by atoms with Crippen molar-refractivity contribution in [3.05, 3.63) is 70.5 Å². The first-order chi connectivity index (χ1) is 16.2. The quantitative estimate of drug-likeness (QED) is 0.352. The van der Waals surface area contributed by atoms with Gasteiger partial charge in [-0.3, -0.25) is 0 Å². The van der Waals surface area contributed by atoms with Crippen LogP contribution < -0.4 is 9.47 Å². The van der Waals surface area contributed by atoms with Gasteiger partial charge in [-0.2, -0.15) is 0 Å². The fraction of sp³-hybridized carbons (Fsp3) is 0.440. The lowest BCUT2D eigenvalue weighted by Gasteiger charge is -2.27. The smallest absolute Gasteiger partial charge is 0.137 e. The molecule has 9 heteroatoms. The van der Waals surface area contributed by atoms with Gasteiger partial charge < -0.3 is 19.7 Å². The SMILES string of the molecule is C[C@@H](CCl)COc1ccc(C(C)(C)c2ccc(OC[C@@H](O)Cn3nncc3CO)cc2)cc1Cl. The van der Waals surface area contributed by atoms with Crippen LogP contribution in [-0.2, 0) is 18.6 Å². The molecule has 1 heterocycles. The highest BCUT2D eigenvalue weighted by atomic mass is 35.5. The molecule has 2 aromatic carbocycles. The Morgan fingerprint density at radius 1 is 1.06 bits per heavy atom. The van der Waals surface area contributed by atoms with Crippen molar-refractivity contribution < 1.29 is 19.7 Å². The molecule has 0 bridgehead atoms. The molecule has 2 atom stereocenters. The maximum Gasteiger partial charge on any atom is 0.137 e. The van der Waals surface area contributed by atoms with E-state index in [9.17, 15) is 10.2 Å². The summed E-state index contributed by atoms with van der Waals surface area (Å²) >= 11 is 12.3. The van der Waals surface area contributed by atoms with Crippen molar-refractivity contribution in [1.29, 1.82) is 0 Å². The highest BCUT2D eigenvalue weighted by Gasteiger charge is 2.24. The van der Waals surface area contributed by atoms with Crippen molar-refractivity contribution in [1.82, 2.24) is 15.0 Å². The number of aromatic nitrogens is 3. The molecule has 7 nitrogen and oxygen atoms in total. The highest BCUT2D eigenvalue weighted by molar-refractivity contribution is 6.32. The van der Waals surface area contributed by atoms with Gasteiger partial charge in [0.05, 0.1) is 36.7 Å². The van der Waals surface area contributed by atoms with Crippen molar-refractivity contribution in [3.63, 3.8) is 0 Å². The van der Waals surface area contributed by atoms with Crippen molar-refractivity contribution in [2.24, 2.45) is 5.92 Å². The Morgan fingerprint density at radius 2 is 1.76 bits per heavy atom. The van der Waals surface area contributed by atoms with Crippen molar-refractivity contribution in [2.45, 2.75) is 45.4 Å². The molecule has 0 radical (unpaired) electrons. The lowest BCUT2D eigenvalue weighted by molar-refractivity contribution is 0.0866. The summed E-state index contributed by atoms with van der Waals surface area (Å²) in [5, 5.41) is 27.6. The Bertz CT molecular complexity index is 1060. The third-order valence-electron chi connectivity index (χ3n) is 5.70. The molecule has 2 N–H and O–H groups in total. The molecular formula is C25H31Cl2N3O4. The summed E-state index contributed by atoms with van der Waals surface area (Å²) in [6.45, 7) is 6.89. The van der Waals surface area contributed by atoms with Crippen LogP contribution in [0.5, 0.6) is 11.5 Å². The molecule has 0 spiro atoms. The Kier molecular flexibility index (Phi) is 9.19. The first-order valence-electron chi connectivity index (χ1n) is 11.1. The second-order valence-electron chi connectivity index (χ2n) is 8.90. The van der Waals surface area contributed by atoms with Crippen LogP contribution in [0.2, 0.25) is 5.02 Å². The van der Waals surface area contributed by atoms with Gasteiger partial charge in [-0.15, -0.1) is 16.7 Å². The molecule has 3 rings (SSSR count). The second kappa shape index (κ2) is 11.9. The average Bonchev–Trinajstić information content (AvgIpc) is 3.28. The van der Waals surface area contributed by atoms with E-state index in [-0.39, 0.29) is 31.1 Å². The van der Waals surface area contributed by atoms with E-state index in [1.807, 2.05) is 49.4 Å². The lowest BCUT2D eigenvalue weighted by Crippen LogP contribution is -2.25. The fourth-order valence-electron chi connectivity index (χ4n) is 3.42. The molecule has 3 aromatic rings. The number of rotatable bonds is 12. The summed E-state index contributed by atoms with van der Waals surface area (Å²) in [4.78, 5) is 0. The molecule has 0 saturated carbocycles. The number of benzene rings is 2. The zero-order valence-electron chi connectivity index (χ0n) is 19.6. The molecule has 1 aromatic heterocycles. The standard InChI is InChI=1S/C25H31Cl2N3O4/c1-17(11-26)15-34-24-9-6-19(10-23(24)27)25(2,3)18-4-7-22(8-5-18)33-16-21(32)13-30-20(14-31)12-28-29-30/h4-10,12,17,21,31-32H,11,13-16H2,1-3H3/t17-,21-/m0/s1. The van der Waals surface area contributed by atoms with E-state index in [4.69, 9.17) is 32.7 Å². The predicted octanol–water partition coefficient (Wildman–Crippen LogP) is 4.44. The Hall–Kier alpha value is -2.32. The van der Waals surface area contributed by atoms with E-state index < -0.39 is 6.10 Å². The minimum atomic E-state index is -0.793. The molecule has 0 fully saturated rings. The lowest BCUT2D eigenvalue weighted by atomic mass is 9.78. The zero-order chi connectivity index (χ0) is 24.7. The summed E-state index contributed by atoms with van der Waals surface area (Å²) in [6.07, 6.45) is 0.669. The van der Waals surface area contributed by atoms with Gasteiger partial charge in [-0.25, -0.2) is 4.68 Å². The largest absolute Gasteiger partial charge is 0.492 e. The van der Waals surface area contributed by atoms with E-state index in [1.54, 1.807) is 0 Å². The summed E-state index contributed by atoms with van der Waals surface area (Å²) in [5.41, 5.74) is 2.40. The van der Waals surface area contributed by atoms with Crippen LogP contribution in [0, 0.1) is 5.92 Å². The molecule has 184 valence electrons. The normalized spacial score (nSPS) is 13.5. The summed E-state index contributed by atoms with van der Waals surface area (Å²) in [7, 11) is 0. The van der Waals surface area contributed by atoms with Crippen LogP contribution in [0.15, 0.2) is 48.7 Å². The van der Waals surface area contributed by atoms with Crippen molar-refractivity contribution >= 4 is 23.2 Å². The van der Waals surface area contributed by atoms with Gasteiger partial charge in [0.25, 0.3) is 0 Å². The second-order valence-corrected chi connectivity index (χ2v) is 9.61. The number of alkyl halides is 1. The van der Waals surface area contributed by atoms with E-state index in [0.29, 0.717) is 34.7 Å². The van der Waals surface area contributed by atoms with Crippen LogP contribution in [0.3, 0.4) is 0 Å². The average molecular weight is 508 g/mol. The summed E-state index contributed by atoms with van der Waals surface area (Å²) in [6, 6.07) is 13.6. The van der Waals surface area contributed by atoms with Gasteiger partial charge in [-0.05, 0) is 35.4 Å². The van der Waals surface area contributed by atoms with E-state index in [0.717, 1.165) is 11.1 Å². The number of halogens is 2. The third-order valence-corrected chi connectivity index (χ3v) is 6.52. The predicted molar refractivity (Wildman–Crippen MR) is 133 cm³/mol. The maximum absolute atomic E-state index is 10.2. The van der Waals surface area contributed by atoms with Gasteiger partial charge in [0.1, 0.15) is 24.2 Å². The van der Waals surface area contributed by atoms with Gasteiger partial charge in [0.2, 0.25) is 0 Å². The number of aliphatic hydroxyl groups excluding tert-OH is 2. The molecule has 0 saturated heterocycles. The molecule has 34 heavy (non-hydrogen) atoms. The first-order valence-corrected chi connectivity index (χ1v) is 12.0.